The van der Waals surface area contributed by atoms with Gasteiger partial charge in [0.05, 0.1) is 0 Å². The summed E-state index contributed by atoms with van der Waals surface area (Å²) in [4.78, 5) is 4.44. The van der Waals surface area contributed by atoms with E-state index < -0.39 is 0 Å². The first-order valence-electron chi connectivity index (χ1n) is 6.93. The molecule has 1 aromatic heterocycles. The molecule has 0 spiro atoms. The summed E-state index contributed by atoms with van der Waals surface area (Å²) in [5.74, 6) is 2.57. The molecule has 3 nitrogen and oxygen atoms in total. The van der Waals surface area contributed by atoms with E-state index in [1.165, 1.54) is 25.7 Å². The lowest BCUT2D eigenvalue weighted by Crippen LogP contribution is -2.27. The predicted octanol–water partition coefficient (Wildman–Crippen LogP) is 3.53. The smallest absolute Gasteiger partial charge is 0.202 e. The van der Waals surface area contributed by atoms with Crippen LogP contribution in [-0.4, -0.2) is 15.6 Å². The Kier molecular flexibility index (Phi) is 4.08. The van der Waals surface area contributed by atoms with Gasteiger partial charge < -0.3 is 9.88 Å². The van der Waals surface area contributed by atoms with Gasteiger partial charge in [-0.1, -0.05) is 33.6 Å². The van der Waals surface area contributed by atoms with Crippen LogP contribution in [0.25, 0.3) is 0 Å². The first-order chi connectivity index (χ1) is 8.15. The molecule has 1 aromatic rings. The lowest BCUT2D eigenvalue weighted by Gasteiger charge is -2.28. The molecule has 1 N–H and O–H groups in total. The molecule has 2 unspecified atom stereocenters. The zero-order chi connectivity index (χ0) is 12.3. The number of hydrogen-bond acceptors (Lipinski definition) is 2. The minimum Gasteiger partial charge on any atom is -0.353 e. The molecule has 96 valence electrons. The molecule has 0 aromatic carbocycles. The maximum absolute atomic E-state index is 4.44. The van der Waals surface area contributed by atoms with E-state index >= 15 is 0 Å². The average molecular weight is 235 g/mol. The van der Waals surface area contributed by atoms with Crippen LogP contribution in [0.2, 0.25) is 0 Å². The van der Waals surface area contributed by atoms with Crippen molar-refractivity contribution in [1.29, 1.82) is 0 Å². The third-order valence-corrected chi connectivity index (χ3v) is 3.55. The third-order valence-electron chi connectivity index (χ3n) is 3.55. The van der Waals surface area contributed by atoms with Gasteiger partial charge in [0.25, 0.3) is 0 Å². The Balaban J connectivity index is 1.95. The number of hydrogen-bond donors (Lipinski definition) is 1. The highest BCUT2D eigenvalue weighted by molar-refractivity contribution is 5.27. The van der Waals surface area contributed by atoms with Crippen molar-refractivity contribution in [2.24, 2.45) is 11.8 Å². The van der Waals surface area contributed by atoms with Crippen molar-refractivity contribution in [3.8, 4) is 0 Å². The summed E-state index contributed by atoms with van der Waals surface area (Å²) in [6.45, 7) is 7.89. The summed E-state index contributed by atoms with van der Waals surface area (Å²) >= 11 is 0. The molecule has 0 radical (unpaired) electrons. The van der Waals surface area contributed by atoms with Gasteiger partial charge in [0.2, 0.25) is 5.95 Å². The van der Waals surface area contributed by atoms with E-state index in [9.17, 15) is 0 Å². The monoisotopic (exact) mass is 235 g/mol. The number of aromatic nitrogens is 2. The first kappa shape index (κ1) is 12.5. The van der Waals surface area contributed by atoms with Crippen LogP contribution in [0.5, 0.6) is 0 Å². The van der Waals surface area contributed by atoms with E-state index in [0.717, 1.165) is 18.4 Å². The predicted molar refractivity (Wildman–Crippen MR) is 72.1 cm³/mol. The standard InChI is InChI=1S/C14H25N3/c1-11(2)10-17-8-7-15-14(17)16-13-6-4-5-12(3)9-13/h7-8,11-13H,4-6,9-10H2,1-3H3,(H,15,16). The van der Waals surface area contributed by atoms with Gasteiger partial charge >= 0.3 is 0 Å². The second-order valence-corrected chi connectivity index (χ2v) is 5.91. The molecular formula is C14H25N3. The number of imidazole rings is 1. The lowest BCUT2D eigenvalue weighted by molar-refractivity contribution is 0.356. The molecule has 0 saturated heterocycles. The molecule has 1 fully saturated rings. The topological polar surface area (TPSA) is 29.9 Å². The van der Waals surface area contributed by atoms with Crippen molar-refractivity contribution in [2.45, 2.75) is 59.0 Å². The number of anilines is 1. The molecule has 3 heteroatoms. The Morgan fingerprint density at radius 3 is 3.00 bits per heavy atom. The highest BCUT2D eigenvalue weighted by Gasteiger charge is 2.19. The SMILES string of the molecule is CC(C)Cn1ccnc1NC1CCCC(C)C1. The van der Waals surface area contributed by atoms with Crippen molar-refractivity contribution < 1.29 is 0 Å². The van der Waals surface area contributed by atoms with Gasteiger partial charge in [0.15, 0.2) is 0 Å². The molecule has 0 bridgehead atoms. The summed E-state index contributed by atoms with van der Waals surface area (Å²) in [6, 6.07) is 0.618. The molecule has 1 heterocycles. The van der Waals surface area contributed by atoms with Crippen LogP contribution < -0.4 is 5.32 Å². The second kappa shape index (κ2) is 5.56. The Morgan fingerprint density at radius 2 is 2.29 bits per heavy atom. The van der Waals surface area contributed by atoms with Crippen LogP contribution in [0, 0.1) is 11.8 Å². The van der Waals surface area contributed by atoms with Crippen molar-refractivity contribution in [3.05, 3.63) is 12.4 Å². The normalized spacial score (nSPS) is 25.2. The average Bonchev–Trinajstić information content (AvgIpc) is 2.65. The molecule has 1 saturated carbocycles. The fourth-order valence-corrected chi connectivity index (χ4v) is 2.74. The van der Waals surface area contributed by atoms with Crippen LogP contribution in [0.15, 0.2) is 12.4 Å². The fraction of sp³-hybridized carbons (Fsp3) is 0.786. The maximum Gasteiger partial charge on any atom is 0.202 e. The fourth-order valence-electron chi connectivity index (χ4n) is 2.74. The molecule has 17 heavy (non-hydrogen) atoms. The maximum atomic E-state index is 4.44. The van der Waals surface area contributed by atoms with Crippen LogP contribution >= 0.6 is 0 Å². The van der Waals surface area contributed by atoms with Crippen LogP contribution in [0.4, 0.5) is 5.95 Å². The van der Waals surface area contributed by atoms with Crippen LogP contribution in [0.3, 0.4) is 0 Å². The number of nitrogens with zero attached hydrogens (tertiary/aromatic N) is 2. The molecule has 0 aliphatic heterocycles. The molecule has 0 amide bonds. The molecule has 2 atom stereocenters. The molecule has 1 aliphatic rings. The van der Waals surface area contributed by atoms with Crippen molar-refractivity contribution >= 4 is 5.95 Å². The third kappa shape index (κ3) is 3.48. The van der Waals surface area contributed by atoms with Gasteiger partial charge in [-0.2, -0.15) is 0 Å². The Morgan fingerprint density at radius 1 is 1.47 bits per heavy atom. The van der Waals surface area contributed by atoms with E-state index in [1.807, 2.05) is 6.20 Å². The van der Waals surface area contributed by atoms with Crippen LogP contribution in [-0.2, 0) is 6.54 Å². The number of rotatable bonds is 4. The van der Waals surface area contributed by atoms with Gasteiger partial charge in [-0.15, -0.1) is 0 Å². The summed E-state index contributed by atoms with van der Waals surface area (Å²) < 4.78 is 2.24. The van der Waals surface area contributed by atoms with E-state index in [1.54, 1.807) is 0 Å². The second-order valence-electron chi connectivity index (χ2n) is 5.91. The minimum atomic E-state index is 0.618. The summed E-state index contributed by atoms with van der Waals surface area (Å²) in [5.41, 5.74) is 0. The highest BCUT2D eigenvalue weighted by atomic mass is 15.2. The summed E-state index contributed by atoms with van der Waals surface area (Å²) in [5, 5.41) is 3.62. The first-order valence-corrected chi connectivity index (χ1v) is 6.93. The minimum absolute atomic E-state index is 0.618. The van der Waals surface area contributed by atoms with Gasteiger partial charge in [-0.3, -0.25) is 0 Å². The van der Waals surface area contributed by atoms with E-state index in [-0.39, 0.29) is 0 Å². The molecular weight excluding hydrogens is 210 g/mol. The number of nitrogens with one attached hydrogen (secondary N) is 1. The Labute approximate surface area is 105 Å². The van der Waals surface area contributed by atoms with Crippen LogP contribution in [0.1, 0.15) is 46.5 Å². The zero-order valence-electron chi connectivity index (χ0n) is 11.3. The molecule has 1 aliphatic carbocycles. The van der Waals surface area contributed by atoms with E-state index in [2.05, 4.69) is 41.8 Å². The largest absolute Gasteiger partial charge is 0.353 e. The highest BCUT2D eigenvalue weighted by Crippen LogP contribution is 2.25. The lowest BCUT2D eigenvalue weighted by atomic mass is 9.87. The van der Waals surface area contributed by atoms with E-state index in [4.69, 9.17) is 0 Å². The van der Waals surface area contributed by atoms with Gasteiger partial charge in [-0.25, -0.2) is 4.98 Å². The van der Waals surface area contributed by atoms with Gasteiger partial charge in [0.1, 0.15) is 0 Å². The van der Waals surface area contributed by atoms with E-state index in [0.29, 0.717) is 12.0 Å². The van der Waals surface area contributed by atoms with Gasteiger partial charge in [-0.05, 0) is 24.7 Å². The summed E-state index contributed by atoms with van der Waals surface area (Å²) in [6.07, 6.45) is 9.29. The van der Waals surface area contributed by atoms with Gasteiger partial charge in [0, 0.05) is 25.0 Å². The Hall–Kier alpha value is -0.990. The summed E-state index contributed by atoms with van der Waals surface area (Å²) in [7, 11) is 0. The zero-order valence-corrected chi connectivity index (χ0v) is 11.3. The van der Waals surface area contributed by atoms with Crippen molar-refractivity contribution in [1.82, 2.24) is 9.55 Å². The van der Waals surface area contributed by atoms with Crippen molar-refractivity contribution in [3.63, 3.8) is 0 Å². The van der Waals surface area contributed by atoms with Crippen molar-refractivity contribution in [2.75, 3.05) is 5.32 Å². The quantitative estimate of drug-likeness (QED) is 0.865. The molecule has 2 rings (SSSR count). The Bertz CT molecular complexity index is 343.